The molecule has 3 aromatic carbocycles. The second-order valence-electron chi connectivity index (χ2n) is 15.8. The molecular formula is C41H59NO4Si. The highest BCUT2D eigenvalue weighted by molar-refractivity contribution is 5.98. The Morgan fingerprint density at radius 2 is 1.26 bits per heavy atom. The zero-order valence-electron chi connectivity index (χ0n) is 30.5. The van der Waals surface area contributed by atoms with Gasteiger partial charge in [0, 0.05) is 24.3 Å². The Hall–Kier alpha value is -3.22. The van der Waals surface area contributed by atoms with E-state index in [1.807, 2.05) is 51.1 Å². The third-order valence-corrected chi connectivity index (χ3v) is 10.8. The number of carbonyl (C=O) groups is 2. The van der Waals surface area contributed by atoms with Crippen LogP contribution < -0.4 is 5.32 Å². The van der Waals surface area contributed by atoms with Gasteiger partial charge in [-0.05, 0) is 87.8 Å². The smallest absolute Gasteiger partial charge is 0.407 e. The summed E-state index contributed by atoms with van der Waals surface area (Å²) in [6.07, 6.45) is 2.03. The number of amides is 1. The van der Waals surface area contributed by atoms with Gasteiger partial charge in [-0.25, -0.2) is 4.79 Å². The second-order valence-corrected chi connectivity index (χ2v) is 16.2. The fraction of sp³-hybridized carbons (Fsp3) is 0.512. The molecule has 4 atom stereocenters. The molecule has 0 bridgehead atoms. The molecule has 1 N–H and O–H groups in total. The van der Waals surface area contributed by atoms with Gasteiger partial charge in [-0.3, -0.25) is 4.79 Å². The van der Waals surface area contributed by atoms with Crippen molar-refractivity contribution in [3.05, 3.63) is 108 Å². The molecule has 3 rings (SSSR count). The highest BCUT2D eigenvalue weighted by atomic mass is 28.2. The number of benzene rings is 3. The van der Waals surface area contributed by atoms with Crippen LogP contribution in [0.25, 0.3) is 0 Å². The van der Waals surface area contributed by atoms with Gasteiger partial charge in [-0.1, -0.05) is 119 Å². The minimum atomic E-state index is -0.627. The summed E-state index contributed by atoms with van der Waals surface area (Å²) in [7, 11) is 0.654. The van der Waals surface area contributed by atoms with Crippen LogP contribution in [0.1, 0.15) is 104 Å². The summed E-state index contributed by atoms with van der Waals surface area (Å²) in [5.41, 5.74) is 2.25. The summed E-state index contributed by atoms with van der Waals surface area (Å²) >= 11 is 0. The second kappa shape index (κ2) is 16.7. The van der Waals surface area contributed by atoms with E-state index in [0.29, 0.717) is 29.7 Å². The van der Waals surface area contributed by atoms with E-state index in [0.717, 1.165) is 23.1 Å². The zero-order valence-corrected chi connectivity index (χ0v) is 32.5. The van der Waals surface area contributed by atoms with Crippen LogP contribution in [0.2, 0.25) is 0 Å². The van der Waals surface area contributed by atoms with Crippen molar-refractivity contribution in [1.82, 2.24) is 5.32 Å². The van der Waals surface area contributed by atoms with Crippen molar-refractivity contribution in [1.29, 1.82) is 0 Å². The van der Waals surface area contributed by atoms with Crippen molar-refractivity contribution in [2.24, 2.45) is 23.2 Å². The molecule has 1 amide bonds. The number of ether oxygens (including phenoxy) is 1. The van der Waals surface area contributed by atoms with Crippen LogP contribution in [0, 0.1) is 23.2 Å². The van der Waals surface area contributed by atoms with E-state index in [1.165, 1.54) is 0 Å². The van der Waals surface area contributed by atoms with Crippen LogP contribution in [0.4, 0.5) is 4.79 Å². The van der Waals surface area contributed by atoms with Crippen molar-refractivity contribution >= 4 is 22.4 Å². The molecule has 256 valence electrons. The highest BCUT2D eigenvalue weighted by Gasteiger charge is 2.41. The first-order chi connectivity index (χ1) is 22.0. The van der Waals surface area contributed by atoms with E-state index < -0.39 is 11.7 Å². The van der Waals surface area contributed by atoms with Crippen LogP contribution in [-0.4, -0.2) is 39.6 Å². The number of Topliss-reactive ketones (excluding diaryl/α,β-unsaturated/α-hetero) is 1. The normalized spacial score (nSPS) is 15.1. The number of ketones is 1. The molecule has 0 fully saturated rings. The van der Waals surface area contributed by atoms with Crippen LogP contribution in [0.5, 0.6) is 0 Å². The van der Waals surface area contributed by atoms with E-state index >= 15 is 0 Å². The van der Waals surface area contributed by atoms with E-state index in [2.05, 4.69) is 108 Å². The van der Waals surface area contributed by atoms with Gasteiger partial charge < -0.3 is 14.5 Å². The maximum atomic E-state index is 14.8. The number of hydrogen-bond donors (Lipinski definition) is 1. The molecule has 0 saturated heterocycles. The van der Waals surface area contributed by atoms with Gasteiger partial charge in [0.25, 0.3) is 0 Å². The molecule has 6 heteroatoms. The zero-order chi connectivity index (χ0) is 34.8. The van der Waals surface area contributed by atoms with E-state index in [-0.39, 0.29) is 46.5 Å². The molecule has 0 aliphatic rings. The Labute approximate surface area is 287 Å². The largest absolute Gasteiger partial charge is 0.444 e. The Morgan fingerprint density at radius 3 is 1.70 bits per heavy atom. The first kappa shape index (κ1) is 38.2. The quantitative estimate of drug-likeness (QED) is 0.166. The van der Waals surface area contributed by atoms with Crippen LogP contribution in [-0.2, 0) is 20.4 Å². The fourth-order valence-corrected chi connectivity index (χ4v) is 6.94. The Balaban J connectivity index is 2.13. The molecular weight excluding hydrogens is 599 g/mol. The summed E-state index contributed by atoms with van der Waals surface area (Å²) in [5, 5.41) is 3.28. The molecule has 5 nitrogen and oxygen atoms in total. The third kappa shape index (κ3) is 11.8. The van der Waals surface area contributed by atoms with Gasteiger partial charge in [0.05, 0.1) is 5.60 Å². The summed E-state index contributed by atoms with van der Waals surface area (Å²) in [4.78, 5) is 28.1. The van der Waals surface area contributed by atoms with E-state index in [1.54, 1.807) is 0 Å². The van der Waals surface area contributed by atoms with Gasteiger partial charge in [0.1, 0.15) is 21.9 Å². The lowest BCUT2D eigenvalue weighted by Crippen LogP contribution is -2.49. The number of nitrogens with one attached hydrogen (secondary N) is 1. The number of alkyl carbamates (subject to hydrolysis) is 1. The topological polar surface area (TPSA) is 64.6 Å². The van der Waals surface area contributed by atoms with Gasteiger partial charge in [0.15, 0.2) is 0 Å². The maximum absolute atomic E-state index is 14.8. The van der Waals surface area contributed by atoms with Crippen molar-refractivity contribution in [3.8, 4) is 0 Å². The minimum absolute atomic E-state index is 0.0436. The molecule has 47 heavy (non-hydrogen) atoms. The summed E-state index contributed by atoms with van der Waals surface area (Å²) in [6.45, 7) is 18.7. The van der Waals surface area contributed by atoms with Crippen LogP contribution >= 0.6 is 0 Å². The van der Waals surface area contributed by atoms with E-state index in [4.69, 9.17) is 9.16 Å². The lowest BCUT2D eigenvalue weighted by molar-refractivity contribution is -0.124. The molecule has 3 aromatic rings. The average Bonchev–Trinajstić information content (AvgIpc) is 3.01. The standard InChI is InChI=1S/C41H59NO4Si/c1-29(41(8,9)46-47)25-26-36(43)33(37(31-21-15-11-16-22-31)32-23-17-12-18-24-32)28-34(39(2,3)4)35(27-30-19-13-10-14-20-30)42-38(44)45-40(5,6)7/h10-24,29,33-35,37H,25-28H2,1-9,47H3,(H,42,44)/t29?,33?,34-,35+/m1/s1. The SMILES string of the molecule is CC(CCC(=O)C(C[C@H]([C@H](Cc1ccccc1)NC(=O)OC(C)(C)C)C(C)(C)C)C(c1ccccc1)c1ccccc1)C(C)(C)O[SiH3]. The average molecular weight is 658 g/mol. The van der Waals surface area contributed by atoms with Gasteiger partial charge in [0.2, 0.25) is 0 Å². The molecule has 0 aliphatic carbocycles. The van der Waals surface area contributed by atoms with Crippen molar-refractivity contribution in [2.75, 3.05) is 0 Å². The summed E-state index contributed by atoms with van der Waals surface area (Å²) in [6, 6.07) is 30.9. The van der Waals surface area contributed by atoms with Crippen LogP contribution in [0.15, 0.2) is 91.0 Å². The highest BCUT2D eigenvalue weighted by Crippen LogP contribution is 2.43. The Morgan fingerprint density at radius 1 is 0.766 bits per heavy atom. The van der Waals surface area contributed by atoms with Crippen LogP contribution in [0.3, 0.4) is 0 Å². The lowest BCUT2D eigenvalue weighted by Gasteiger charge is -2.41. The van der Waals surface area contributed by atoms with Gasteiger partial charge in [-0.2, -0.15) is 0 Å². The first-order valence-corrected chi connectivity index (χ1v) is 18.0. The van der Waals surface area contributed by atoms with Gasteiger partial charge in [-0.15, -0.1) is 0 Å². The molecule has 2 unspecified atom stereocenters. The molecule has 0 saturated carbocycles. The first-order valence-electron chi connectivity index (χ1n) is 17.2. The van der Waals surface area contributed by atoms with Crippen molar-refractivity contribution in [2.45, 2.75) is 111 Å². The summed E-state index contributed by atoms with van der Waals surface area (Å²) in [5.74, 6) is -0.00188. The number of hydrogen-bond acceptors (Lipinski definition) is 4. The maximum Gasteiger partial charge on any atom is 0.407 e. The predicted molar refractivity (Wildman–Crippen MR) is 198 cm³/mol. The third-order valence-electron chi connectivity index (χ3n) is 9.78. The van der Waals surface area contributed by atoms with Crippen molar-refractivity contribution < 1.29 is 18.8 Å². The number of rotatable bonds is 15. The van der Waals surface area contributed by atoms with Crippen molar-refractivity contribution in [3.63, 3.8) is 0 Å². The molecule has 0 radical (unpaired) electrons. The van der Waals surface area contributed by atoms with Gasteiger partial charge >= 0.3 is 6.09 Å². The fourth-order valence-electron chi connectivity index (χ4n) is 6.54. The summed E-state index contributed by atoms with van der Waals surface area (Å²) < 4.78 is 11.7. The minimum Gasteiger partial charge on any atom is -0.444 e. The monoisotopic (exact) mass is 657 g/mol. The molecule has 0 heterocycles. The molecule has 0 spiro atoms. The Bertz CT molecular complexity index is 1340. The van der Waals surface area contributed by atoms with E-state index in [9.17, 15) is 9.59 Å². The predicted octanol–water partition coefficient (Wildman–Crippen LogP) is 8.68. The number of carbonyl (C=O) groups excluding carboxylic acids is 2. The molecule has 0 aromatic heterocycles. The lowest BCUT2D eigenvalue weighted by atomic mass is 9.65. The molecule has 0 aliphatic heterocycles. The Kier molecular flexibility index (Phi) is 13.6.